The second-order valence-electron chi connectivity index (χ2n) is 7.26. The molecule has 0 radical (unpaired) electrons. The van der Waals surface area contributed by atoms with Gasteiger partial charge < -0.3 is 19.9 Å². The minimum absolute atomic E-state index is 0.222. The third kappa shape index (κ3) is 4.16. The normalized spacial score (nSPS) is 22.2. The molecule has 4 rings (SSSR count). The number of carbonyl (C=O) groups is 3. The molecule has 1 aliphatic carbocycles. The van der Waals surface area contributed by atoms with E-state index in [1.54, 1.807) is 6.20 Å². The minimum Gasteiger partial charge on any atom is -0.442 e. The van der Waals surface area contributed by atoms with Gasteiger partial charge in [-0.25, -0.2) is 9.78 Å². The van der Waals surface area contributed by atoms with Gasteiger partial charge in [0.05, 0.1) is 25.0 Å². The molecule has 1 aromatic heterocycles. The van der Waals surface area contributed by atoms with Crippen LogP contribution in [0.5, 0.6) is 0 Å². The number of carbonyl (C=O) groups excluding carboxylic acids is 3. The van der Waals surface area contributed by atoms with Crippen LogP contribution in [0.4, 0.5) is 21.1 Å². The molecule has 0 aromatic carbocycles. The van der Waals surface area contributed by atoms with E-state index < -0.39 is 17.4 Å². The van der Waals surface area contributed by atoms with Gasteiger partial charge in [-0.15, -0.1) is 0 Å². The maximum atomic E-state index is 12.2. The first-order valence-electron chi connectivity index (χ1n) is 9.46. The molecule has 3 amide bonds. The van der Waals surface area contributed by atoms with Crippen molar-refractivity contribution in [3.8, 4) is 0 Å². The molecule has 3 fully saturated rings. The van der Waals surface area contributed by atoms with Crippen LogP contribution in [0.3, 0.4) is 0 Å². The van der Waals surface area contributed by atoms with E-state index in [9.17, 15) is 14.4 Å². The maximum Gasteiger partial charge on any atom is 0.414 e. The number of thiol groups is 1. The van der Waals surface area contributed by atoms with E-state index in [4.69, 9.17) is 4.74 Å². The van der Waals surface area contributed by atoms with E-state index in [1.165, 1.54) is 4.90 Å². The third-order valence-corrected chi connectivity index (χ3v) is 5.40. The SMILES string of the molecule is O=C(S)NC[C@H]1CN(c2ccc(N3CCN(C(=O)C4CC4)CC3)nc2)C(=O)O1. The van der Waals surface area contributed by atoms with Crippen molar-refractivity contribution in [2.45, 2.75) is 18.9 Å². The standard InChI is InChI=1S/C18H23N5O4S/c24-16(12-1-2-12)22-7-5-21(6-8-22)15-4-3-13(9-19-15)23-11-14(27-18(23)26)10-20-17(25)28/h3-4,9,12,14H,1-2,5-8,10-11H2,(H2,20,25,28)/t14-/m0/s1. The van der Waals surface area contributed by atoms with E-state index in [-0.39, 0.29) is 12.5 Å². The molecule has 3 heterocycles. The predicted molar refractivity (Wildman–Crippen MR) is 106 cm³/mol. The van der Waals surface area contributed by atoms with Crippen LogP contribution in [-0.4, -0.2) is 72.5 Å². The van der Waals surface area contributed by atoms with Crippen LogP contribution in [0, 0.1) is 5.92 Å². The van der Waals surface area contributed by atoms with Crippen molar-refractivity contribution in [3.63, 3.8) is 0 Å². The van der Waals surface area contributed by atoms with Crippen LogP contribution < -0.4 is 15.1 Å². The zero-order chi connectivity index (χ0) is 19.7. The highest BCUT2D eigenvalue weighted by atomic mass is 32.1. The van der Waals surface area contributed by atoms with Gasteiger partial charge in [0.25, 0.3) is 5.24 Å². The average Bonchev–Trinajstić information content (AvgIpc) is 3.49. The quantitative estimate of drug-likeness (QED) is 0.713. The Bertz CT molecular complexity index is 762. The summed E-state index contributed by atoms with van der Waals surface area (Å²) in [5, 5.41) is 2.07. The van der Waals surface area contributed by atoms with Gasteiger partial charge in [-0.1, -0.05) is 12.6 Å². The molecule has 2 aliphatic heterocycles. The van der Waals surface area contributed by atoms with E-state index in [0.29, 0.717) is 18.1 Å². The summed E-state index contributed by atoms with van der Waals surface area (Å²) in [5.74, 6) is 1.38. The van der Waals surface area contributed by atoms with Gasteiger partial charge in [0.1, 0.15) is 11.9 Å². The number of nitrogens with zero attached hydrogens (tertiary/aromatic N) is 4. The van der Waals surface area contributed by atoms with E-state index >= 15 is 0 Å². The number of piperazine rings is 1. The number of hydrogen-bond acceptors (Lipinski definition) is 6. The molecule has 1 saturated carbocycles. The van der Waals surface area contributed by atoms with Crippen molar-refractivity contribution in [3.05, 3.63) is 18.3 Å². The van der Waals surface area contributed by atoms with Crippen molar-refractivity contribution < 1.29 is 19.1 Å². The maximum absolute atomic E-state index is 12.2. The largest absolute Gasteiger partial charge is 0.442 e. The Morgan fingerprint density at radius 1 is 1.21 bits per heavy atom. The number of aromatic nitrogens is 1. The molecule has 2 saturated heterocycles. The zero-order valence-corrected chi connectivity index (χ0v) is 16.3. The average molecular weight is 405 g/mol. The highest BCUT2D eigenvalue weighted by molar-refractivity contribution is 7.96. The van der Waals surface area contributed by atoms with Gasteiger partial charge >= 0.3 is 6.09 Å². The molecular formula is C18H23N5O4S. The Labute approximate surface area is 168 Å². The van der Waals surface area contributed by atoms with Gasteiger partial charge in [-0.05, 0) is 25.0 Å². The number of ether oxygens (including phenoxy) is 1. The first-order chi connectivity index (χ1) is 13.5. The van der Waals surface area contributed by atoms with Crippen molar-refractivity contribution in [1.29, 1.82) is 0 Å². The van der Waals surface area contributed by atoms with Crippen LogP contribution >= 0.6 is 12.6 Å². The third-order valence-electron chi connectivity index (χ3n) is 5.24. The monoisotopic (exact) mass is 405 g/mol. The van der Waals surface area contributed by atoms with Crippen LogP contribution in [0.15, 0.2) is 18.3 Å². The highest BCUT2D eigenvalue weighted by Crippen LogP contribution is 2.31. The Balaban J connectivity index is 1.32. The molecule has 3 aliphatic rings. The summed E-state index contributed by atoms with van der Waals surface area (Å²) >= 11 is 3.64. The fraction of sp³-hybridized carbons (Fsp3) is 0.556. The summed E-state index contributed by atoms with van der Waals surface area (Å²) in [6.07, 6.45) is 2.84. The molecule has 150 valence electrons. The van der Waals surface area contributed by atoms with E-state index in [2.05, 4.69) is 27.8 Å². The fourth-order valence-electron chi connectivity index (χ4n) is 3.51. The molecule has 0 bridgehead atoms. The highest BCUT2D eigenvalue weighted by Gasteiger charge is 2.35. The number of cyclic esters (lactones) is 1. The molecule has 28 heavy (non-hydrogen) atoms. The summed E-state index contributed by atoms with van der Waals surface area (Å²) in [6.45, 7) is 3.51. The zero-order valence-electron chi connectivity index (χ0n) is 15.4. The Hall–Kier alpha value is -2.49. The van der Waals surface area contributed by atoms with Crippen molar-refractivity contribution in [2.75, 3.05) is 49.1 Å². The van der Waals surface area contributed by atoms with Crippen molar-refractivity contribution in [2.24, 2.45) is 5.92 Å². The lowest BCUT2D eigenvalue weighted by molar-refractivity contribution is -0.132. The first-order valence-corrected chi connectivity index (χ1v) is 9.90. The number of pyridine rings is 1. The van der Waals surface area contributed by atoms with Crippen molar-refractivity contribution >= 4 is 41.4 Å². The Kier molecular flexibility index (Phi) is 5.29. The van der Waals surface area contributed by atoms with Crippen LogP contribution in [-0.2, 0) is 9.53 Å². The summed E-state index contributed by atoms with van der Waals surface area (Å²) in [4.78, 5) is 45.2. The lowest BCUT2D eigenvalue weighted by Gasteiger charge is -2.35. The van der Waals surface area contributed by atoms with Gasteiger partial charge in [-0.3, -0.25) is 14.5 Å². The molecule has 0 spiro atoms. The van der Waals surface area contributed by atoms with Crippen molar-refractivity contribution in [1.82, 2.24) is 15.2 Å². The second-order valence-corrected chi connectivity index (χ2v) is 7.67. The molecule has 1 aromatic rings. The minimum atomic E-state index is -0.459. The van der Waals surface area contributed by atoms with Gasteiger partial charge in [0.2, 0.25) is 5.91 Å². The summed E-state index contributed by atoms with van der Waals surface area (Å²) < 4.78 is 5.25. The number of amides is 3. The molecule has 10 heteroatoms. The smallest absolute Gasteiger partial charge is 0.414 e. The van der Waals surface area contributed by atoms with Gasteiger partial charge in [-0.2, -0.15) is 0 Å². The van der Waals surface area contributed by atoms with Crippen LogP contribution in [0.2, 0.25) is 0 Å². The lowest BCUT2D eigenvalue weighted by atomic mass is 10.2. The van der Waals surface area contributed by atoms with Gasteiger partial charge in [0.15, 0.2) is 0 Å². The lowest BCUT2D eigenvalue weighted by Crippen LogP contribution is -2.49. The molecule has 0 unspecified atom stereocenters. The van der Waals surface area contributed by atoms with Crippen LogP contribution in [0.25, 0.3) is 0 Å². The molecular weight excluding hydrogens is 382 g/mol. The number of hydrogen-bond donors (Lipinski definition) is 2. The molecule has 9 nitrogen and oxygen atoms in total. The Morgan fingerprint density at radius 3 is 2.57 bits per heavy atom. The predicted octanol–water partition coefficient (Wildman–Crippen LogP) is 1.10. The fourth-order valence-corrected chi connectivity index (χ4v) is 3.60. The Morgan fingerprint density at radius 2 is 1.96 bits per heavy atom. The number of nitrogens with one attached hydrogen (secondary N) is 1. The molecule has 1 atom stereocenters. The topological polar surface area (TPSA) is 95.1 Å². The summed E-state index contributed by atoms with van der Waals surface area (Å²) in [5.41, 5.74) is 0.649. The van der Waals surface area contributed by atoms with Crippen LogP contribution in [0.1, 0.15) is 12.8 Å². The van der Waals surface area contributed by atoms with E-state index in [1.807, 2.05) is 17.0 Å². The summed E-state index contributed by atoms with van der Waals surface area (Å²) in [6, 6.07) is 3.72. The molecule has 1 N–H and O–H groups in total. The van der Waals surface area contributed by atoms with Gasteiger partial charge in [0, 0.05) is 32.1 Å². The summed E-state index contributed by atoms with van der Waals surface area (Å²) in [7, 11) is 0. The first kappa shape index (κ1) is 18.9. The number of rotatable bonds is 5. The van der Waals surface area contributed by atoms with E-state index in [0.717, 1.165) is 44.8 Å². The second kappa shape index (κ2) is 7.86. The number of anilines is 2.